The lowest BCUT2D eigenvalue weighted by atomic mass is 10.2. The van der Waals surface area contributed by atoms with Gasteiger partial charge in [-0.25, -0.2) is 0 Å². The van der Waals surface area contributed by atoms with Crippen LogP contribution in [0.5, 0.6) is 5.75 Å². The molecule has 0 spiro atoms. The SMILES string of the molecule is CCOc1cccc(CNC(=O)/C=C(\C)CN2CCOCC2)c1. The van der Waals surface area contributed by atoms with E-state index in [4.69, 9.17) is 9.47 Å². The van der Waals surface area contributed by atoms with Crippen molar-refractivity contribution in [3.05, 3.63) is 41.5 Å². The van der Waals surface area contributed by atoms with Gasteiger partial charge in [-0.15, -0.1) is 0 Å². The Hall–Kier alpha value is -1.85. The number of carbonyl (C=O) groups is 1. The molecule has 126 valence electrons. The summed E-state index contributed by atoms with van der Waals surface area (Å²) in [5.74, 6) is 0.774. The first-order valence-corrected chi connectivity index (χ1v) is 8.14. The Morgan fingerprint density at radius 2 is 2.17 bits per heavy atom. The normalized spacial score (nSPS) is 16.2. The second kappa shape index (κ2) is 9.33. The molecule has 0 aliphatic carbocycles. The van der Waals surface area contributed by atoms with E-state index in [1.54, 1.807) is 6.08 Å². The van der Waals surface area contributed by atoms with Gasteiger partial charge in [-0.2, -0.15) is 0 Å². The molecule has 1 fully saturated rings. The predicted molar refractivity (Wildman–Crippen MR) is 90.5 cm³/mol. The molecule has 0 bridgehead atoms. The van der Waals surface area contributed by atoms with Crippen LogP contribution in [0.25, 0.3) is 0 Å². The molecule has 1 aliphatic rings. The lowest BCUT2D eigenvalue weighted by molar-refractivity contribution is -0.116. The van der Waals surface area contributed by atoms with Crippen molar-refractivity contribution in [3.63, 3.8) is 0 Å². The Kier molecular flexibility index (Phi) is 7.10. The molecular formula is C18H26N2O3. The van der Waals surface area contributed by atoms with E-state index < -0.39 is 0 Å². The number of amides is 1. The van der Waals surface area contributed by atoms with Crippen LogP contribution in [0.2, 0.25) is 0 Å². The van der Waals surface area contributed by atoms with E-state index in [0.717, 1.165) is 49.7 Å². The third-order valence-corrected chi connectivity index (χ3v) is 3.63. The molecule has 1 saturated heterocycles. The molecule has 0 aromatic heterocycles. The van der Waals surface area contributed by atoms with Crippen LogP contribution in [0, 0.1) is 0 Å². The van der Waals surface area contributed by atoms with Crippen LogP contribution in [0.1, 0.15) is 19.4 Å². The van der Waals surface area contributed by atoms with Crippen LogP contribution in [-0.4, -0.2) is 50.3 Å². The zero-order chi connectivity index (χ0) is 16.5. The molecule has 1 N–H and O–H groups in total. The third-order valence-electron chi connectivity index (χ3n) is 3.63. The molecule has 23 heavy (non-hydrogen) atoms. The van der Waals surface area contributed by atoms with Crippen molar-refractivity contribution in [1.29, 1.82) is 0 Å². The number of rotatable bonds is 7. The van der Waals surface area contributed by atoms with Crippen molar-refractivity contribution in [1.82, 2.24) is 10.2 Å². The molecule has 1 heterocycles. The maximum absolute atomic E-state index is 12.0. The fourth-order valence-electron chi connectivity index (χ4n) is 2.53. The van der Waals surface area contributed by atoms with Gasteiger partial charge in [0.2, 0.25) is 5.91 Å². The van der Waals surface area contributed by atoms with Crippen molar-refractivity contribution in [2.24, 2.45) is 0 Å². The number of nitrogens with zero attached hydrogens (tertiary/aromatic N) is 1. The van der Waals surface area contributed by atoms with Gasteiger partial charge in [0.15, 0.2) is 0 Å². The fraction of sp³-hybridized carbons (Fsp3) is 0.500. The van der Waals surface area contributed by atoms with E-state index in [0.29, 0.717) is 13.2 Å². The smallest absolute Gasteiger partial charge is 0.244 e. The van der Waals surface area contributed by atoms with Crippen LogP contribution >= 0.6 is 0 Å². The zero-order valence-electron chi connectivity index (χ0n) is 14.0. The summed E-state index contributed by atoms with van der Waals surface area (Å²) in [4.78, 5) is 14.3. The molecule has 5 heteroatoms. The molecular weight excluding hydrogens is 292 g/mol. The minimum atomic E-state index is -0.0578. The Morgan fingerprint density at radius 1 is 1.39 bits per heavy atom. The molecule has 2 rings (SSSR count). The predicted octanol–water partition coefficient (Wildman–Crippen LogP) is 1.98. The highest BCUT2D eigenvalue weighted by molar-refractivity contribution is 5.88. The summed E-state index contributed by atoms with van der Waals surface area (Å²) in [7, 11) is 0. The maximum atomic E-state index is 12.0. The van der Waals surface area contributed by atoms with Crippen LogP contribution in [0.15, 0.2) is 35.9 Å². The Labute approximate surface area is 138 Å². The number of nitrogens with one attached hydrogen (secondary N) is 1. The van der Waals surface area contributed by atoms with Gasteiger partial charge in [-0.1, -0.05) is 17.7 Å². The zero-order valence-corrected chi connectivity index (χ0v) is 14.0. The third kappa shape index (κ3) is 6.42. The Bertz CT molecular complexity index is 537. The number of morpholine rings is 1. The summed E-state index contributed by atoms with van der Waals surface area (Å²) in [5, 5.41) is 2.92. The van der Waals surface area contributed by atoms with Crippen LogP contribution in [0.3, 0.4) is 0 Å². The average molecular weight is 318 g/mol. The van der Waals surface area contributed by atoms with Gasteiger partial charge >= 0.3 is 0 Å². The standard InChI is InChI=1S/C18H26N2O3/c1-3-23-17-6-4-5-16(12-17)13-19-18(21)11-15(2)14-20-7-9-22-10-8-20/h4-6,11-12H,3,7-10,13-14H2,1-2H3,(H,19,21)/b15-11+. The number of hydrogen-bond acceptors (Lipinski definition) is 4. The van der Waals surface area contributed by atoms with Gasteiger partial charge in [-0.3, -0.25) is 9.69 Å². The number of ether oxygens (including phenoxy) is 2. The highest BCUT2D eigenvalue weighted by Gasteiger charge is 2.10. The molecule has 5 nitrogen and oxygen atoms in total. The topological polar surface area (TPSA) is 50.8 Å². The summed E-state index contributed by atoms with van der Waals surface area (Å²) in [6, 6.07) is 7.79. The number of carbonyl (C=O) groups excluding carboxylic acids is 1. The average Bonchev–Trinajstić information content (AvgIpc) is 2.54. The van der Waals surface area contributed by atoms with Gasteiger partial charge in [0.1, 0.15) is 5.75 Å². The minimum absolute atomic E-state index is 0.0578. The second-order valence-corrected chi connectivity index (χ2v) is 5.68. The largest absolute Gasteiger partial charge is 0.494 e. The molecule has 1 aromatic carbocycles. The van der Waals surface area contributed by atoms with E-state index >= 15 is 0 Å². The van der Waals surface area contributed by atoms with Gasteiger partial charge < -0.3 is 14.8 Å². The molecule has 0 atom stereocenters. The fourth-order valence-corrected chi connectivity index (χ4v) is 2.53. The van der Waals surface area contributed by atoms with Crippen LogP contribution < -0.4 is 10.1 Å². The van der Waals surface area contributed by atoms with Crippen LogP contribution in [-0.2, 0) is 16.1 Å². The summed E-state index contributed by atoms with van der Waals surface area (Å²) in [6.45, 7) is 9.30. The van der Waals surface area contributed by atoms with E-state index in [-0.39, 0.29) is 5.91 Å². The van der Waals surface area contributed by atoms with Gasteiger partial charge in [0, 0.05) is 32.3 Å². The van der Waals surface area contributed by atoms with Crippen molar-refractivity contribution < 1.29 is 14.3 Å². The van der Waals surface area contributed by atoms with Gasteiger partial charge in [0.25, 0.3) is 0 Å². The molecule has 1 aromatic rings. The van der Waals surface area contributed by atoms with Gasteiger partial charge in [-0.05, 0) is 31.5 Å². The van der Waals surface area contributed by atoms with E-state index in [2.05, 4.69) is 10.2 Å². The summed E-state index contributed by atoms with van der Waals surface area (Å²) in [5.41, 5.74) is 2.09. The number of hydrogen-bond donors (Lipinski definition) is 1. The highest BCUT2D eigenvalue weighted by atomic mass is 16.5. The Morgan fingerprint density at radius 3 is 2.91 bits per heavy atom. The maximum Gasteiger partial charge on any atom is 0.244 e. The lowest BCUT2D eigenvalue weighted by Gasteiger charge is -2.26. The first-order chi connectivity index (χ1) is 11.2. The van der Waals surface area contributed by atoms with Crippen molar-refractivity contribution >= 4 is 5.91 Å². The van der Waals surface area contributed by atoms with Gasteiger partial charge in [0.05, 0.1) is 19.8 Å². The molecule has 0 radical (unpaired) electrons. The van der Waals surface area contributed by atoms with E-state index in [1.807, 2.05) is 38.1 Å². The first-order valence-electron chi connectivity index (χ1n) is 8.14. The lowest BCUT2D eigenvalue weighted by Crippen LogP contribution is -2.37. The molecule has 1 aliphatic heterocycles. The summed E-state index contributed by atoms with van der Waals surface area (Å²) < 4.78 is 10.8. The van der Waals surface area contributed by atoms with Crippen molar-refractivity contribution in [2.75, 3.05) is 39.5 Å². The highest BCUT2D eigenvalue weighted by Crippen LogP contribution is 2.13. The minimum Gasteiger partial charge on any atom is -0.494 e. The summed E-state index contributed by atoms with van der Waals surface area (Å²) >= 11 is 0. The van der Waals surface area contributed by atoms with Crippen LogP contribution in [0.4, 0.5) is 0 Å². The monoisotopic (exact) mass is 318 g/mol. The number of benzene rings is 1. The van der Waals surface area contributed by atoms with Crippen molar-refractivity contribution in [3.8, 4) is 5.75 Å². The quantitative estimate of drug-likeness (QED) is 0.781. The Balaban J connectivity index is 1.79. The van der Waals surface area contributed by atoms with Crippen molar-refractivity contribution in [2.45, 2.75) is 20.4 Å². The molecule has 0 saturated carbocycles. The summed E-state index contributed by atoms with van der Waals surface area (Å²) in [6.07, 6.45) is 1.68. The van der Waals surface area contributed by atoms with E-state index in [9.17, 15) is 4.79 Å². The molecule has 0 unspecified atom stereocenters. The second-order valence-electron chi connectivity index (χ2n) is 5.68. The van der Waals surface area contributed by atoms with E-state index in [1.165, 1.54) is 0 Å². The molecule has 1 amide bonds. The first kappa shape index (κ1) is 17.5.